The summed E-state index contributed by atoms with van der Waals surface area (Å²) in [5.41, 5.74) is 1.03. The van der Waals surface area contributed by atoms with Crippen molar-refractivity contribution in [3.63, 3.8) is 0 Å². The van der Waals surface area contributed by atoms with Gasteiger partial charge in [-0.15, -0.1) is 0 Å². The summed E-state index contributed by atoms with van der Waals surface area (Å²) in [6.07, 6.45) is 0. The van der Waals surface area contributed by atoms with Gasteiger partial charge in [0.2, 0.25) is 8.32 Å². The van der Waals surface area contributed by atoms with Gasteiger partial charge in [-0.05, 0) is 58.9 Å². The third kappa shape index (κ3) is 13.3. The Morgan fingerprint density at radius 2 is 1.19 bits per heavy atom. The van der Waals surface area contributed by atoms with Crippen molar-refractivity contribution >= 4 is 36.9 Å². The van der Waals surface area contributed by atoms with Gasteiger partial charge in [0.1, 0.15) is 5.41 Å². The summed E-state index contributed by atoms with van der Waals surface area (Å²) in [6, 6.07) is 17.5. The molecule has 2 aromatic rings. The molecule has 0 aliphatic rings. The number of Topliss-reactive ketones (excluding diaryl/α,β-unsaturated/α-hetero) is 1. The molecule has 0 bridgehead atoms. The lowest BCUT2D eigenvalue weighted by Gasteiger charge is -2.21. The molecule has 2 rings (SSSR count). The van der Waals surface area contributed by atoms with E-state index < -0.39 is 24.9 Å². The second-order valence-electron chi connectivity index (χ2n) is 9.16. The quantitative estimate of drug-likeness (QED) is 0.0909. The molecule has 0 saturated carbocycles. The minimum atomic E-state index is -1.49. The molecule has 0 aromatic heterocycles. The number of ether oxygens (including phenoxy) is 2. The van der Waals surface area contributed by atoms with Gasteiger partial charge in [0.05, 0.1) is 14.2 Å². The number of esters is 1. The van der Waals surface area contributed by atoms with E-state index >= 15 is 0 Å². The van der Waals surface area contributed by atoms with Gasteiger partial charge < -0.3 is 13.9 Å². The molecule has 0 N–H and O–H groups in total. The Bertz CT molecular complexity index is 976. The van der Waals surface area contributed by atoms with Gasteiger partial charge in [-0.25, -0.2) is 0 Å². The highest BCUT2D eigenvalue weighted by molar-refractivity contribution is 6.70. The van der Waals surface area contributed by atoms with Crippen molar-refractivity contribution in [2.75, 3.05) is 14.2 Å². The van der Waals surface area contributed by atoms with E-state index in [0.717, 1.165) is 5.57 Å². The predicted molar refractivity (Wildman–Crippen MR) is 150 cm³/mol. The first kappa shape index (κ1) is 35.3. The summed E-state index contributed by atoms with van der Waals surface area (Å²) in [7, 11) is 1.43. The Morgan fingerprint density at radius 1 is 0.778 bits per heavy atom. The molecule has 0 unspecified atom stereocenters. The minimum absolute atomic E-state index is 0. The van der Waals surface area contributed by atoms with Crippen LogP contribution in [0.4, 0.5) is 0 Å². The van der Waals surface area contributed by atoms with Gasteiger partial charge in [0, 0.05) is 16.7 Å². The number of carbonyl (C=O) groups is 3. The Kier molecular flexibility index (Phi) is 16.4. The number of ketones is 1. The monoisotopic (exact) mass is 536 g/mol. The van der Waals surface area contributed by atoms with Crippen molar-refractivity contribution in [2.45, 2.75) is 54.8 Å². The summed E-state index contributed by atoms with van der Waals surface area (Å²) in [5.74, 6) is -0.0598. The van der Waals surface area contributed by atoms with Crippen LogP contribution in [0.5, 0.6) is 0 Å². The van der Waals surface area contributed by atoms with Crippen LogP contribution in [0.3, 0.4) is 0 Å². The van der Waals surface area contributed by atoms with Crippen LogP contribution in [0, 0.1) is 5.41 Å². The van der Waals surface area contributed by atoms with Gasteiger partial charge in [-0.2, -0.15) is 0 Å². The number of carbonyl (C=O) groups excluding carboxylic acids is 3. The number of methoxy groups -OCH3 is 2. The van der Waals surface area contributed by atoms with Crippen LogP contribution in [0.15, 0.2) is 72.2 Å². The van der Waals surface area contributed by atoms with Gasteiger partial charge in [-0.1, -0.05) is 68.1 Å². The second-order valence-corrected chi connectivity index (χ2v) is 13.9. The fourth-order valence-electron chi connectivity index (χ4n) is 2.49. The molecule has 0 radical (unpaired) electrons. The number of benzene rings is 2. The van der Waals surface area contributed by atoms with E-state index in [2.05, 4.69) is 24.4 Å². The Labute approximate surface area is 222 Å². The van der Waals surface area contributed by atoms with E-state index in [-0.39, 0.29) is 13.2 Å². The molecule has 200 valence electrons. The molecule has 0 heterocycles. The van der Waals surface area contributed by atoms with E-state index in [1.54, 1.807) is 69.5 Å². The number of hydrogen-bond acceptors (Lipinski definition) is 6. The van der Waals surface area contributed by atoms with Crippen molar-refractivity contribution in [2.24, 2.45) is 5.41 Å². The zero-order chi connectivity index (χ0) is 27.2. The van der Waals surface area contributed by atoms with E-state index in [4.69, 9.17) is 20.8 Å². The molecule has 0 spiro atoms. The van der Waals surface area contributed by atoms with Crippen molar-refractivity contribution in [3.8, 4) is 0 Å². The maximum absolute atomic E-state index is 12.0. The van der Waals surface area contributed by atoms with Gasteiger partial charge in [-0.3, -0.25) is 14.4 Å². The first-order valence-electron chi connectivity index (χ1n) is 11.0. The highest BCUT2D eigenvalue weighted by atomic mass is 35.5. The number of hydrogen-bond donors (Lipinski definition) is 0. The minimum Gasteiger partial charge on any atom is -0.520 e. The smallest absolute Gasteiger partial charge is 0.319 e. The van der Waals surface area contributed by atoms with Crippen LogP contribution in [-0.2, 0) is 18.7 Å². The summed E-state index contributed by atoms with van der Waals surface area (Å²) >= 11 is 5.16. The van der Waals surface area contributed by atoms with E-state index in [0.29, 0.717) is 17.1 Å². The fourth-order valence-corrected chi connectivity index (χ4v) is 3.46. The molecule has 6 nitrogen and oxygen atoms in total. The molecular formula is C28H41ClO6Si. The van der Waals surface area contributed by atoms with Gasteiger partial charge in [0.15, 0.2) is 5.78 Å². The predicted octanol–water partition coefficient (Wildman–Crippen LogP) is 7.51. The van der Waals surface area contributed by atoms with Crippen LogP contribution in [0.25, 0.3) is 0 Å². The van der Waals surface area contributed by atoms with E-state index in [1.807, 2.05) is 26.0 Å². The summed E-state index contributed by atoms with van der Waals surface area (Å²) in [5, 5.41) is -0.407. The maximum atomic E-state index is 12.0. The number of halogens is 1. The van der Waals surface area contributed by atoms with Crippen molar-refractivity contribution in [1.82, 2.24) is 0 Å². The molecule has 0 aliphatic heterocycles. The third-order valence-corrected chi connectivity index (χ3v) is 5.31. The molecular weight excluding hydrogens is 496 g/mol. The fraction of sp³-hybridized carbons (Fsp3) is 0.393. The lowest BCUT2D eigenvalue weighted by Crippen LogP contribution is -2.34. The average Bonchev–Trinajstić information content (AvgIpc) is 2.82. The maximum Gasteiger partial charge on any atom is 0.319 e. The summed E-state index contributed by atoms with van der Waals surface area (Å²) in [6.45, 7) is 13.5. The molecule has 0 fully saturated rings. The van der Waals surface area contributed by atoms with Gasteiger partial charge in [0.25, 0.3) is 11.2 Å². The van der Waals surface area contributed by atoms with Crippen LogP contribution < -0.4 is 0 Å². The molecule has 0 atom stereocenters. The third-order valence-electron chi connectivity index (χ3n) is 4.29. The Morgan fingerprint density at radius 3 is 1.44 bits per heavy atom. The normalized spacial score (nSPS) is 10.1. The number of rotatable bonds is 7. The standard InChI is InChI=1S/C12H14O3.C8H18O2Si.C7H5ClO.CH4/c1-12(2,11(14)15-3)10(13)9-7-5-4-6-8-9;1-7(2)8(9-3)10-11(4,5)6;8-7(9)6-4-2-1-3-5-6;/h4-8H,1-3H3;1-6H3;1-5H;1H4. The lowest BCUT2D eigenvalue weighted by molar-refractivity contribution is -0.147. The lowest BCUT2D eigenvalue weighted by atomic mass is 9.84. The molecule has 36 heavy (non-hydrogen) atoms. The van der Waals surface area contributed by atoms with Crippen LogP contribution >= 0.6 is 11.6 Å². The van der Waals surface area contributed by atoms with Crippen molar-refractivity contribution in [3.05, 3.63) is 83.3 Å². The SMILES string of the molecule is C.COC(=O)C(C)(C)C(=O)c1ccccc1.COC(O[Si](C)(C)C)=C(C)C.O=C(Cl)c1ccccc1. The van der Waals surface area contributed by atoms with Crippen molar-refractivity contribution < 1.29 is 28.3 Å². The first-order chi connectivity index (χ1) is 16.2. The van der Waals surface area contributed by atoms with Crippen LogP contribution in [0.1, 0.15) is 55.8 Å². The Balaban J connectivity index is 0. The molecule has 8 heteroatoms. The Hall–Kier alpha value is -2.90. The van der Waals surface area contributed by atoms with E-state index in [9.17, 15) is 14.4 Å². The zero-order valence-corrected chi connectivity index (χ0v) is 23.9. The summed E-state index contributed by atoms with van der Waals surface area (Å²) < 4.78 is 15.3. The highest BCUT2D eigenvalue weighted by Gasteiger charge is 2.37. The highest BCUT2D eigenvalue weighted by Crippen LogP contribution is 2.23. The molecule has 0 saturated heterocycles. The number of allylic oxidation sites excluding steroid dienone is 1. The second kappa shape index (κ2) is 16.7. The topological polar surface area (TPSA) is 78.9 Å². The van der Waals surface area contributed by atoms with Crippen molar-refractivity contribution in [1.29, 1.82) is 0 Å². The molecule has 2 aromatic carbocycles. The molecule has 0 aliphatic carbocycles. The average molecular weight is 537 g/mol. The molecule has 0 amide bonds. The largest absolute Gasteiger partial charge is 0.520 e. The summed E-state index contributed by atoms with van der Waals surface area (Å²) in [4.78, 5) is 33.8. The van der Waals surface area contributed by atoms with E-state index in [1.165, 1.54) is 7.11 Å². The van der Waals surface area contributed by atoms with Crippen LogP contribution in [0.2, 0.25) is 19.6 Å². The first-order valence-corrected chi connectivity index (χ1v) is 14.8. The zero-order valence-electron chi connectivity index (χ0n) is 22.1. The van der Waals surface area contributed by atoms with Gasteiger partial charge >= 0.3 is 5.97 Å². The van der Waals surface area contributed by atoms with Crippen LogP contribution in [-0.4, -0.2) is 39.5 Å².